The summed E-state index contributed by atoms with van der Waals surface area (Å²) in [4.78, 5) is 15.0. The lowest BCUT2D eigenvalue weighted by Crippen LogP contribution is -2.38. The number of sulfonamides is 1. The van der Waals surface area contributed by atoms with Crippen molar-refractivity contribution in [3.8, 4) is 0 Å². The number of nitrogens with zero attached hydrogens (tertiary/aromatic N) is 4. The maximum atomic E-state index is 13.4. The molecule has 168 valence electrons. The van der Waals surface area contributed by atoms with Gasteiger partial charge < -0.3 is 4.90 Å². The Hall–Kier alpha value is -3.04. The van der Waals surface area contributed by atoms with E-state index in [1.165, 1.54) is 28.6 Å². The van der Waals surface area contributed by atoms with Crippen LogP contribution in [0.2, 0.25) is 0 Å². The van der Waals surface area contributed by atoms with Crippen LogP contribution in [0.15, 0.2) is 54.6 Å². The van der Waals surface area contributed by atoms with E-state index >= 15 is 0 Å². The van der Waals surface area contributed by atoms with E-state index in [0.717, 1.165) is 11.3 Å². The molecule has 0 bridgehead atoms. The van der Waals surface area contributed by atoms with Gasteiger partial charge in [-0.3, -0.25) is 9.48 Å². The second kappa shape index (κ2) is 8.84. The summed E-state index contributed by atoms with van der Waals surface area (Å²) in [7, 11) is -1.50. The number of hydrogen-bond acceptors (Lipinski definition) is 4. The number of rotatable bonds is 6. The number of carbonyl (C=O) groups excluding carboxylic acids is 1. The van der Waals surface area contributed by atoms with E-state index in [1.807, 2.05) is 37.4 Å². The van der Waals surface area contributed by atoms with Crippen LogP contribution in [0.25, 0.3) is 0 Å². The summed E-state index contributed by atoms with van der Waals surface area (Å²) in [6.07, 6.45) is 0.565. The molecule has 0 saturated heterocycles. The maximum Gasteiger partial charge on any atom is 0.258 e. The SMILES string of the molecule is CCS(=O)(=O)N1CCc2c(c(CN(C(=O)c3ccc(F)cc3)c3ccccc3)nn2C)C1. The predicted molar refractivity (Wildman–Crippen MR) is 120 cm³/mol. The van der Waals surface area contributed by atoms with E-state index in [0.29, 0.717) is 29.9 Å². The van der Waals surface area contributed by atoms with Crippen molar-refractivity contribution in [3.63, 3.8) is 0 Å². The van der Waals surface area contributed by atoms with E-state index in [1.54, 1.807) is 16.5 Å². The van der Waals surface area contributed by atoms with Gasteiger partial charge in [0.15, 0.2) is 0 Å². The van der Waals surface area contributed by atoms with E-state index in [4.69, 9.17) is 0 Å². The Kier molecular flexibility index (Phi) is 6.12. The molecule has 1 amide bonds. The minimum atomic E-state index is -3.34. The van der Waals surface area contributed by atoms with Gasteiger partial charge in [0, 0.05) is 49.1 Å². The fraction of sp³-hybridized carbons (Fsp3) is 0.304. The first kappa shape index (κ1) is 22.2. The van der Waals surface area contributed by atoms with Gasteiger partial charge in [0.25, 0.3) is 5.91 Å². The van der Waals surface area contributed by atoms with Crippen LogP contribution in [0.4, 0.5) is 10.1 Å². The molecule has 1 aromatic heterocycles. The molecule has 0 unspecified atom stereocenters. The van der Waals surface area contributed by atoms with Gasteiger partial charge >= 0.3 is 0 Å². The second-order valence-electron chi connectivity index (χ2n) is 7.71. The Morgan fingerprint density at radius 1 is 1.12 bits per heavy atom. The highest BCUT2D eigenvalue weighted by Crippen LogP contribution is 2.27. The van der Waals surface area contributed by atoms with Crippen molar-refractivity contribution < 1.29 is 17.6 Å². The molecule has 0 aliphatic carbocycles. The molecule has 3 aromatic rings. The first-order chi connectivity index (χ1) is 15.3. The van der Waals surface area contributed by atoms with Crippen LogP contribution in [0.1, 0.15) is 34.2 Å². The Balaban J connectivity index is 1.71. The van der Waals surface area contributed by atoms with Gasteiger partial charge in [-0.2, -0.15) is 9.40 Å². The molecule has 0 N–H and O–H groups in total. The lowest BCUT2D eigenvalue weighted by Gasteiger charge is -2.27. The number of hydrogen-bond donors (Lipinski definition) is 0. The fourth-order valence-electron chi connectivity index (χ4n) is 3.98. The molecule has 2 aromatic carbocycles. The van der Waals surface area contributed by atoms with Gasteiger partial charge in [0.2, 0.25) is 10.0 Å². The average molecular weight is 457 g/mol. The standard InChI is InChI=1S/C23H25FN4O3S/c1-3-32(30,31)27-14-13-22-20(15-27)21(25-26(22)2)16-28(19-7-5-4-6-8-19)23(29)17-9-11-18(24)12-10-17/h4-12H,3,13-16H2,1-2H3. The summed E-state index contributed by atoms with van der Waals surface area (Å²) in [5.74, 6) is -0.662. The third-order valence-corrected chi connectivity index (χ3v) is 7.59. The van der Waals surface area contributed by atoms with Gasteiger partial charge in [0.05, 0.1) is 18.0 Å². The molecular weight excluding hydrogens is 431 g/mol. The number of fused-ring (bicyclic) bond motifs is 1. The zero-order valence-corrected chi connectivity index (χ0v) is 18.8. The summed E-state index contributed by atoms with van der Waals surface area (Å²) in [6, 6.07) is 14.6. The minimum Gasteiger partial charge on any atom is -0.302 e. The van der Waals surface area contributed by atoms with E-state index in [2.05, 4.69) is 5.10 Å². The van der Waals surface area contributed by atoms with Crippen molar-refractivity contribution in [1.82, 2.24) is 14.1 Å². The predicted octanol–water partition coefficient (Wildman–Crippen LogP) is 3.11. The Labute approximate surface area is 187 Å². The normalized spacial score (nSPS) is 14.2. The number of halogens is 1. The van der Waals surface area contributed by atoms with Crippen LogP contribution in [0.3, 0.4) is 0 Å². The third-order valence-electron chi connectivity index (χ3n) is 5.76. The van der Waals surface area contributed by atoms with Gasteiger partial charge in [-0.25, -0.2) is 12.8 Å². The highest BCUT2D eigenvalue weighted by atomic mass is 32.2. The van der Waals surface area contributed by atoms with Crippen LogP contribution >= 0.6 is 0 Å². The quantitative estimate of drug-likeness (QED) is 0.571. The first-order valence-corrected chi connectivity index (χ1v) is 12.0. The molecular formula is C23H25FN4O3S. The highest BCUT2D eigenvalue weighted by molar-refractivity contribution is 7.89. The summed E-state index contributed by atoms with van der Waals surface area (Å²) in [5, 5.41) is 4.63. The van der Waals surface area contributed by atoms with Crippen LogP contribution in [-0.2, 0) is 36.6 Å². The average Bonchev–Trinajstić information content (AvgIpc) is 3.12. The van der Waals surface area contributed by atoms with Crippen molar-refractivity contribution in [3.05, 3.63) is 82.9 Å². The van der Waals surface area contributed by atoms with Crippen molar-refractivity contribution in [2.24, 2.45) is 7.05 Å². The van der Waals surface area contributed by atoms with Crippen LogP contribution in [0, 0.1) is 5.82 Å². The van der Waals surface area contributed by atoms with Gasteiger partial charge in [-0.1, -0.05) is 18.2 Å². The van der Waals surface area contributed by atoms with Crippen LogP contribution < -0.4 is 4.90 Å². The van der Waals surface area contributed by atoms with Crippen molar-refractivity contribution >= 4 is 21.6 Å². The number of amides is 1. The van der Waals surface area contributed by atoms with E-state index in [9.17, 15) is 17.6 Å². The second-order valence-corrected chi connectivity index (χ2v) is 9.97. The van der Waals surface area contributed by atoms with Crippen LogP contribution in [0.5, 0.6) is 0 Å². The van der Waals surface area contributed by atoms with Gasteiger partial charge in [-0.15, -0.1) is 0 Å². The minimum absolute atomic E-state index is 0.0388. The molecule has 4 rings (SSSR count). The third kappa shape index (κ3) is 4.31. The molecule has 32 heavy (non-hydrogen) atoms. The lowest BCUT2D eigenvalue weighted by molar-refractivity contribution is 0.0984. The lowest BCUT2D eigenvalue weighted by atomic mass is 10.1. The number of para-hydroxylation sites is 1. The molecule has 0 radical (unpaired) electrons. The topological polar surface area (TPSA) is 75.5 Å². The first-order valence-electron chi connectivity index (χ1n) is 10.4. The molecule has 0 fully saturated rings. The molecule has 7 nitrogen and oxygen atoms in total. The smallest absolute Gasteiger partial charge is 0.258 e. The Bertz CT molecular complexity index is 1220. The number of benzene rings is 2. The summed E-state index contributed by atoms with van der Waals surface area (Å²) >= 11 is 0. The zero-order chi connectivity index (χ0) is 22.9. The maximum absolute atomic E-state index is 13.4. The number of aromatic nitrogens is 2. The van der Waals surface area contributed by atoms with E-state index in [-0.39, 0.29) is 24.7 Å². The molecule has 2 heterocycles. The molecule has 1 aliphatic rings. The largest absolute Gasteiger partial charge is 0.302 e. The van der Waals surface area contributed by atoms with E-state index < -0.39 is 15.8 Å². The Morgan fingerprint density at radius 2 is 1.81 bits per heavy atom. The Morgan fingerprint density at radius 3 is 2.47 bits per heavy atom. The molecule has 0 atom stereocenters. The fourth-order valence-corrected chi connectivity index (χ4v) is 5.04. The number of anilines is 1. The monoisotopic (exact) mass is 456 g/mol. The summed E-state index contributed by atoms with van der Waals surface area (Å²) in [5.41, 5.74) is 3.50. The number of aryl methyl sites for hydroxylation is 1. The van der Waals surface area contributed by atoms with Gasteiger partial charge in [0.1, 0.15) is 5.82 Å². The van der Waals surface area contributed by atoms with Crippen molar-refractivity contribution in [1.29, 1.82) is 0 Å². The molecule has 0 saturated carbocycles. The number of carbonyl (C=O) groups is 1. The van der Waals surface area contributed by atoms with Crippen LogP contribution in [-0.4, -0.2) is 40.7 Å². The van der Waals surface area contributed by atoms with Crippen molar-refractivity contribution in [2.45, 2.75) is 26.4 Å². The zero-order valence-electron chi connectivity index (χ0n) is 18.0. The molecule has 9 heteroatoms. The van der Waals surface area contributed by atoms with Crippen molar-refractivity contribution in [2.75, 3.05) is 17.2 Å². The summed E-state index contributed by atoms with van der Waals surface area (Å²) in [6.45, 7) is 2.46. The van der Waals surface area contributed by atoms with Gasteiger partial charge in [-0.05, 0) is 43.3 Å². The molecule has 0 spiro atoms. The molecule has 1 aliphatic heterocycles. The highest BCUT2D eigenvalue weighted by Gasteiger charge is 2.31. The summed E-state index contributed by atoms with van der Waals surface area (Å²) < 4.78 is 41.5.